The minimum absolute atomic E-state index is 0.106. The molecule has 1 amide bonds. The number of carbonyl (C=O) groups is 1. The van der Waals surface area contributed by atoms with Crippen LogP contribution in [-0.2, 0) is 4.74 Å². The maximum absolute atomic E-state index is 13.6. The highest BCUT2D eigenvalue weighted by Gasteiger charge is 2.23. The summed E-state index contributed by atoms with van der Waals surface area (Å²) in [6.07, 6.45) is 1.59. The topological polar surface area (TPSA) is 54.5 Å². The number of pyridine rings is 1. The normalized spacial score (nSPS) is 14.4. The first-order chi connectivity index (χ1) is 12.7. The maximum Gasteiger partial charge on any atom is 0.257 e. The van der Waals surface area contributed by atoms with Crippen LogP contribution in [0.5, 0.6) is 0 Å². The smallest absolute Gasteiger partial charge is 0.257 e. The molecule has 0 saturated carbocycles. The average Bonchev–Trinajstić information content (AvgIpc) is 2.68. The van der Waals surface area contributed by atoms with Gasteiger partial charge in [-0.1, -0.05) is 24.3 Å². The molecule has 1 fully saturated rings. The summed E-state index contributed by atoms with van der Waals surface area (Å²) in [6.45, 7) is 2.15. The number of hydrogen-bond donors (Lipinski definition) is 1. The standard InChI is InChI=1S/C20H18FN3O2/c21-14-4-3-5-15(12-14)23-19-16-6-1-2-7-18(16)22-13-17(19)20(25)24-8-10-26-11-9-24/h1-7,12-13H,8-11H2,(H,22,23). The molecule has 2 aromatic carbocycles. The van der Waals surface area contributed by atoms with Crippen molar-refractivity contribution in [2.24, 2.45) is 0 Å². The fraction of sp³-hybridized carbons (Fsp3) is 0.200. The van der Waals surface area contributed by atoms with E-state index in [-0.39, 0.29) is 11.7 Å². The van der Waals surface area contributed by atoms with Gasteiger partial charge in [-0.3, -0.25) is 9.78 Å². The second kappa shape index (κ2) is 7.09. The molecule has 1 aromatic heterocycles. The monoisotopic (exact) mass is 351 g/mol. The number of ether oxygens (including phenoxy) is 1. The van der Waals surface area contributed by atoms with Crippen molar-refractivity contribution in [2.45, 2.75) is 0 Å². The summed E-state index contributed by atoms with van der Waals surface area (Å²) in [5.74, 6) is -0.445. The lowest BCUT2D eigenvalue weighted by atomic mass is 10.1. The molecule has 0 radical (unpaired) electrons. The van der Waals surface area contributed by atoms with Crippen molar-refractivity contribution < 1.29 is 13.9 Å². The third-order valence-corrected chi connectivity index (χ3v) is 4.40. The Morgan fingerprint density at radius 2 is 1.92 bits per heavy atom. The van der Waals surface area contributed by atoms with Crippen LogP contribution < -0.4 is 5.32 Å². The Balaban J connectivity index is 1.80. The first kappa shape index (κ1) is 16.5. The molecule has 132 valence electrons. The number of hydrogen-bond acceptors (Lipinski definition) is 4. The molecule has 1 saturated heterocycles. The van der Waals surface area contributed by atoms with Gasteiger partial charge in [-0.2, -0.15) is 0 Å². The van der Waals surface area contributed by atoms with E-state index in [0.717, 1.165) is 10.9 Å². The summed E-state index contributed by atoms with van der Waals surface area (Å²) in [5, 5.41) is 4.03. The van der Waals surface area contributed by atoms with Crippen LogP contribution in [0.2, 0.25) is 0 Å². The lowest BCUT2D eigenvalue weighted by Gasteiger charge is -2.27. The molecule has 0 aliphatic carbocycles. The zero-order valence-corrected chi connectivity index (χ0v) is 14.1. The maximum atomic E-state index is 13.6. The van der Waals surface area contributed by atoms with Crippen LogP contribution in [0.15, 0.2) is 54.7 Å². The highest BCUT2D eigenvalue weighted by Crippen LogP contribution is 2.30. The summed E-state index contributed by atoms with van der Waals surface area (Å²) >= 11 is 0. The van der Waals surface area contributed by atoms with Crippen molar-refractivity contribution in [3.63, 3.8) is 0 Å². The molecule has 2 heterocycles. The van der Waals surface area contributed by atoms with Gasteiger partial charge in [0.05, 0.1) is 30.0 Å². The molecule has 5 nitrogen and oxygen atoms in total. The summed E-state index contributed by atoms with van der Waals surface area (Å²) in [7, 11) is 0. The predicted octanol–water partition coefficient (Wildman–Crippen LogP) is 3.59. The molecule has 0 unspecified atom stereocenters. The van der Waals surface area contributed by atoms with Crippen LogP contribution in [0.25, 0.3) is 10.9 Å². The Morgan fingerprint density at radius 1 is 1.12 bits per heavy atom. The molecular weight excluding hydrogens is 333 g/mol. The summed E-state index contributed by atoms with van der Waals surface area (Å²) in [5.41, 5.74) is 2.45. The Kier molecular flexibility index (Phi) is 4.50. The third-order valence-electron chi connectivity index (χ3n) is 4.40. The second-order valence-corrected chi connectivity index (χ2v) is 6.10. The number of fused-ring (bicyclic) bond motifs is 1. The summed E-state index contributed by atoms with van der Waals surface area (Å²) in [4.78, 5) is 19.2. The van der Waals surface area contributed by atoms with Gasteiger partial charge in [0, 0.05) is 30.4 Å². The lowest BCUT2D eigenvalue weighted by Crippen LogP contribution is -2.41. The molecule has 4 rings (SSSR count). The number of halogens is 1. The van der Waals surface area contributed by atoms with E-state index in [1.807, 2.05) is 24.3 Å². The van der Waals surface area contributed by atoms with Gasteiger partial charge in [0.2, 0.25) is 0 Å². The van der Waals surface area contributed by atoms with Gasteiger partial charge in [-0.05, 0) is 24.3 Å². The van der Waals surface area contributed by atoms with E-state index >= 15 is 0 Å². The van der Waals surface area contributed by atoms with Crippen molar-refractivity contribution in [1.29, 1.82) is 0 Å². The van der Waals surface area contributed by atoms with Crippen molar-refractivity contribution in [1.82, 2.24) is 9.88 Å². The van der Waals surface area contributed by atoms with Gasteiger partial charge in [0.15, 0.2) is 0 Å². The Labute approximate surface area is 150 Å². The SMILES string of the molecule is O=C(c1cnc2ccccc2c1Nc1cccc(F)c1)N1CCOCC1. The van der Waals surface area contributed by atoms with E-state index in [1.54, 1.807) is 23.2 Å². The van der Waals surface area contributed by atoms with Crippen LogP contribution in [-0.4, -0.2) is 42.1 Å². The Morgan fingerprint density at radius 3 is 2.73 bits per heavy atom. The van der Waals surface area contributed by atoms with E-state index in [4.69, 9.17) is 4.74 Å². The Bertz CT molecular complexity index is 955. The molecule has 6 heteroatoms. The van der Waals surface area contributed by atoms with Gasteiger partial charge >= 0.3 is 0 Å². The zero-order valence-electron chi connectivity index (χ0n) is 14.1. The van der Waals surface area contributed by atoms with Gasteiger partial charge < -0.3 is 15.0 Å². The molecule has 1 N–H and O–H groups in total. The first-order valence-corrected chi connectivity index (χ1v) is 8.50. The van der Waals surface area contributed by atoms with Crippen LogP contribution in [0.4, 0.5) is 15.8 Å². The number of nitrogens with one attached hydrogen (secondary N) is 1. The number of benzene rings is 2. The number of aromatic nitrogens is 1. The van der Waals surface area contributed by atoms with Gasteiger partial charge in [0.25, 0.3) is 5.91 Å². The highest BCUT2D eigenvalue weighted by atomic mass is 19.1. The molecule has 26 heavy (non-hydrogen) atoms. The lowest BCUT2D eigenvalue weighted by molar-refractivity contribution is 0.0303. The number of para-hydroxylation sites is 1. The fourth-order valence-electron chi connectivity index (χ4n) is 3.09. The predicted molar refractivity (Wildman–Crippen MR) is 98.1 cm³/mol. The van der Waals surface area contributed by atoms with Gasteiger partial charge in [0.1, 0.15) is 5.82 Å². The molecular formula is C20H18FN3O2. The van der Waals surface area contributed by atoms with Crippen molar-refractivity contribution in [2.75, 3.05) is 31.6 Å². The van der Waals surface area contributed by atoms with Crippen LogP contribution in [0, 0.1) is 5.82 Å². The Hall–Kier alpha value is -2.99. The second-order valence-electron chi connectivity index (χ2n) is 6.10. The number of rotatable bonds is 3. The highest BCUT2D eigenvalue weighted by molar-refractivity contribution is 6.08. The number of carbonyl (C=O) groups excluding carboxylic acids is 1. The minimum Gasteiger partial charge on any atom is -0.378 e. The van der Waals surface area contributed by atoms with Crippen molar-refractivity contribution in [3.05, 3.63) is 66.1 Å². The summed E-state index contributed by atoms with van der Waals surface area (Å²) < 4.78 is 18.9. The number of nitrogens with zero attached hydrogens (tertiary/aromatic N) is 2. The molecule has 1 aliphatic heterocycles. The molecule has 1 aliphatic rings. The van der Waals surface area contributed by atoms with E-state index < -0.39 is 0 Å². The van der Waals surface area contributed by atoms with Crippen molar-refractivity contribution >= 4 is 28.2 Å². The van der Waals surface area contributed by atoms with Crippen LogP contribution in [0.1, 0.15) is 10.4 Å². The van der Waals surface area contributed by atoms with E-state index in [9.17, 15) is 9.18 Å². The third kappa shape index (κ3) is 3.23. The number of anilines is 2. The molecule has 0 atom stereocenters. The van der Waals surface area contributed by atoms with E-state index in [1.165, 1.54) is 12.1 Å². The molecule has 0 spiro atoms. The quantitative estimate of drug-likeness (QED) is 0.783. The fourth-order valence-corrected chi connectivity index (χ4v) is 3.09. The largest absolute Gasteiger partial charge is 0.378 e. The van der Waals surface area contributed by atoms with E-state index in [0.29, 0.717) is 43.2 Å². The van der Waals surface area contributed by atoms with Crippen LogP contribution >= 0.6 is 0 Å². The average molecular weight is 351 g/mol. The van der Waals surface area contributed by atoms with Gasteiger partial charge in [-0.15, -0.1) is 0 Å². The van der Waals surface area contributed by atoms with Crippen LogP contribution in [0.3, 0.4) is 0 Å². The number of amides is 1. The van der Waals surface area contributed by atoms with E-state index in [2.05, 4.69) is 10.3 Å². The molecule has 3 aromatic rings. The summed E-state index contributed by atoms with van der Waals surface area (Å²) in [6, 6.07) is 13.8. The van der Waals surface area contributed by atoms with Crippen molar-refractivity contribution in [3.8, 4) is 0 Å². The minimum atomic E-state index is -0.339. The first-order valence-electron chi connectivity index (χ1n) is 8.50. The number of morpholine rings is 1. The zero-order chi connectivity index (χ0) is 17.9. The van der Waals surface area contributed by atoms with Gasteiger partial charge in [-0.25, -0.2) is 4.39 Å². The molecule has 0 bridgehead atoms.